The molecule has 1 saturated heterocycles. The number of likely N-dealkylation sites (N-methyl/N-ethyl adjacent to an activating group) is 1. The summed E-state index contributed by atoms with van der Waals surface area (Å²) >= 11 is 0. The van der Waals surface area contributed by atoms with Crippen LogP contribution in [0.5, 0.6) is 11.5 Å². The maximum absolute atomic E-state index is 10.2. The molecule has 1 aliphatic heterocycles. The number of aliphatic hydroxyl groups excluding tert-OH is 1. The molecule has 2 aliphatic rings. The molecule has 2 unspecified atom stereocenters. The van der Waals surface area contributed by atoms with Gasteiger partial charge in [0.25, 0.3) is 0 Å². The molecule has 0 amide bonds. The molecule has 2 aromatic rings. The van der Waals surface area contributed by atoms with Crippen molar-refractivity contribution in [2.24, 2.45) is 0 Å². The van der Waals surface area contributed by atoms with Crippen molar-refractivity contribution >= 4 is 5.69 Å². The van der Waals surface area contributed by atoms with Crippen molar-refractivity contribution in [3.8, 4) is 11.5 Å². The Morgan fingerprint density at radius 2 is 1.84 bits per heavy atom. The Labute approximate surface area is 192 Å². The van der Waals surface area contributed by atoms with E-state index in [1.165, 1.54) is 24.1 Å². The van der Waals surface area contributed by atoms with E-state index in [9.17, 15) is 5.11 Å². The zero-order chi connectivity index (χ0) is 22.3. The molecule has 0 radical (unpaired) electrons. The number of benzene rings is 2. The van der Waals surface area contributed by atoms with Crippen molar-refractivity contribution in [3.05, 3.63) is 54.1 Å². The molecule has 1 heterocycles. The standard InChI is InChI=1S/C26H37N3O3/c1-27-26(30)19-29-15-14-28(18-22(29)16-20-8-4-3-5-9-20)21-12-13-24(31-2)25(17-21)32-23-10-6-7-11-23/h3-5,8-9,12-13,17,22-23,26-27,30H,6-7,10-11,14-16,18-19H2,1-2H3. The van der Waals surface area contributed by atoms with E-state index in [0.29, 0.717) is 18.7 Å². The van der Waals surface area contributed by atoms with Crippen LogP contribution in [0.4, 0.5) is 5.69 Å². The molecule has 0 aromatic heterocycles. The summed E-state index contributed by atoms with van der Waals surface area (Å²) in [6.45, 7) is 3.35. The highest BCUT2D eigenvalue weighted by molar-refractivity contribution is 5.57. The number of anilines is 1. The van der Waals surface area contributed by atoms with E-state index in [0.717, 1.165) is 50.4 Å². The molecule has 4 rings (SSSR count). The van der Waals surface area contributed by atoms with Crippen LogP contribution in [0.3, 0.4) is 0 Å². The third kappa shape index (κ3) is 5.74. The molecule has 0 spiro atoms. The summed E-state index contributed by atoms with van der Waals surface area (Å²) in [5, 5.41) is 13.2. The van der Waals surface area contributed by atoms with Gasteiger partial charge in [-0.3, -0.25) is 10.2 Å². The average molecular weight is 440 g/mol. The second-order valence-corrected chi connectivity index (χ2v) is 8.95. The number of nitrogens with one attached hydrogen (secondary N) is 1. The molecule has 174 valence electrons. The van der Waals surface area contributed by atoms with Gasteiger partial charge in [-0.15, -0.1) is 0 Å². The van der Waals surface area contributed by atoms with Crippen molar-refractivity contribution < 1.29 is 14.6 Å². The van der Waals surface area contributed by atoms with E-state index < -0.39 is 6.23 Å². The molecule has 6 heteroatoms. The van der Waals surface area contributed by atoms with Crippen molar-refractivity contribution in [1.29, 1.82) is 0 Å². The van der Waals surface area contributed by atoms with E-state index in [2.05, 4.69) is 57.6 Å². The largest absolute Gasteiger partial charge is 0.493 e. The first-order valence-corrected chi connectivity index (χ1v) is 11.9. The predicted molar refractivity (Wildman–Crippen MR) is 129 cm³/mol. The lowest BCUT2D eigenvalue weighted by molar-refractivity contribution is 0.0640. The van der Waals surface area contributed by atoms with Gasteiger partial charge in [-0.05, 0) is 56.8 Å². The van der Waals surface area contributed by atoms with Crippen molar-refractivity contribution in [2.75, 3.05) is 45.2 Å². The minimum absolute atomic E-state index is 0.296. The predicted octanol–water partition coefficient (Wildman–Crippen LogP) is 3.29. The first-order valence-electron chi connectivity index (χ1n) is 11.9. The fourth-order valence-electron chi connectivity index (χ4n) is 4.90. The number of nitrogens with zero attached hydrogens (tertiary/aromatic N) is 2. The maximum Gasteiger partial charge on any atom is 0.163 e. The number of hydrogen-bond acceptors (Lipinski definition) is 6. The Morgan fingerprint density at radius 1 is 1.06 bits per heavy atom. The minimum Gasteiger partial charge on any atom is -0.493 e. The molecular formula is C26H37N3O3. The van der Waals surface area contributed by atoms with E-state index in [4.69, 9.17) is 9.47 Å². The fourth-order valence-corrected chi connectivity index (χ4v) is 4.90. The van der Waals surface area contributed by atoms with Crippen LogP contribution in [0.2, 0.25) is 0 Å². The minimum atomic E-state index is -0.521. The molecule has 1 aliphatic carbocycles. The zero-order valence-electron chi connectivity index (χ0n) is 19.4. The van der Waals surface area contributed by atoms with Crippen LogP contribution in [0, 0.1) is 0 Å². The lowest BCUT2D eigenvalue weighted by atomic mass is 10.0. The third-order valence-electron chi connectivity index (χ3n) is 6.77. The number of ether oxygens (including phenoxy) is 2. The van der Waals surface area contributed by atoms with Gasteiger partial charge in [-0.1, -0.05) is 30.3 Å². The second kappa shape index (κ2) is 11.0. The second-order valence-electron chi connectivity index (χ2n) is 8.95. The van der Waals surface area contributed by atoms with E-state index in [1.54, 1.807) is 14.2 Å². The lowest BCUT2D eigenvalue weighted by Crippen LogP contribution is -2.57. The lowest BCUT2D eigenvalue weighted by Gasteiger charge is -2.43. The van der Waals surface area contributed by atoms with Gasteiger partial charge in [0.2, 0.25) is 0 Å². The summed E-state index contributed by atoms with van der Waals surface area (Å²) in [4.78, 5) is 4.85. The number of aliphatic hydroxyl groups is 1. The van der Waals surface area contributed by atoms with E-state index in [1.807, 2.05) is 6.07 Å². The van der Waals surface area contributed by atoms with Gasteiger partial charge in [0.15, 0.2) is 11.5 Å². The highest BCUT2D eigenvalue weighted by Gasteiger charge is 2.29. The quantitative estimate of drug-likeness (QED) is 0.585. The van der Waals surface area contributed by atoms with Gasteiger partial charge < -0.3 is 19.5 Å². The molecule has 2 fully saturated rings. The summed E-state index contributed by atoms with van der Waals surface area (Å²) in [6.07, 6.45) is 5.47. The summed E-state index contributed by atoms with van der Waals surface area (Å²) < 4.78 is 11.9. The van der Waals surface area contributed by atoms with Gasteiger partial charge in [0.1, 0.15) is 6.23 Å². The van der Waals surface area contributed by atoms with Gasteiger partial charge in [-0.2, -0.15) is 0 Å². The normalized spacial score (nSPS) is 21.0. The Hall–Kier alpha value is -2.28. The SMILES string of the molecule is CNC(O)CN1CCN(c2ccc(OC)c(OC3CCCC3)c2)CC1Cc1ccccc1. The van der Waals surface area contributed by atoms with Gasteiger partial charge in [0, 0.05) is 44.0 Å². The first kappa shape index (κ1) is 22.9. The Bertz CT molecular complexity index is 841. The zero-order valence-corrected chi connectivity index (χ0v) is 19.4. The van der Waals surface area contributed by atoms with Crippen molar-refractivity contribution in [1.82, 2.24) is 10.2 Å². The van der Waals surface area contributed by atoms with Crippen LogP contribution in [0.15, 0.2) is 48.5 Å². The third-order valence-corrected chi connectivity index (χ3v) is 6.77. The highest BCUT2D eigenvalue weighted by Crippen LogP contribution is 2.35. The van der Waals surface area contributed by atoms with Crippen molar-refractivity contribution in [3.63, 3.8) is 0 Å². The Kier molecular flexibility index (Phi) is 7.90. The van der Waals surface area contributed by atoms with Gasteiger partial charge in [-0.25, -0.2) is 0 Å². The molecule has 2 atom stereocenters. The maximum atomic E-state index is 10.2. The summed E-state index contributed by atoms with van der Waals surface area (Å²) in [5.74, 6) is 1.65. The molecule has 2 aromatic carbocycles. The fraction of sp³-hybridized carbons (Fsp3) is 0.538. The summed E-state index contributed by atoms with van der Waals surface area (Å²) in [7, 11) is 3.51. The van der Waals surface area contributed by atoms with Crippen LogP contribution >= 0.6 is 0 Å². The monoisotopic (exact) mass is 439 g/mol. The average Bonchev–Trinajstić information content (AvgIpc) is 3.34. The molecule has 1 saturated carbocycles. The molecule has 6 nitrogen and oxygen atoms in total. The number of piperazine rings is 1. The molecule has 2 N–H and O–H groups in total. The van der Waals surface area contributed by atoms with E-state index in [-0.39, 0.29) is 0 Å². The molecule has 32 heavy (non-hydrogen) atoms. The first-order chi connectivity index (χ1) is 15.7. The number of hydrogen-bond donors (Lipinski definition) is 2. The van der Waals surface area contributed by atoms with Crippen LogP contribution in [-0.2, 0) is 6.42 Å². The number of β-amino-alcohol motifs (C(OH)–C–C–N with tert-alkyl or cyclic N) is 1. The van der Waals surface area contributed by atoms with Gasteiger partial charge >= 0.3 is 0 Å². The number of methoxy groups -OCH3 is 1. The van der Waals surface area contributed by atoms with E-state index >= 15 is 0 Å². The number of rotatable bonds is 9. The van der Waals surface area contributed by atoms with Gasteiger partial charge in [0.05, 0.1) is 13.2 Å². The topological polar surface area (TPSA) is 57.2 Å². The Morgan fingerprint density at radius 3 is 2.56 bits per heavy atom. The highest BCUT2D eigenvalue weighted by atomic mass is 16.5. The van der Waals surface area contributed by atoms with Crippen LogP contribution in [0.25, 0.3) is 0 Å². The van der Waals surface area contributed by atoms with Crippen LogP contribution in [-0.4, -0.2) is 68.7 Å². The van der Waals surface area contributed by atoms with Crippen LogP contribution in [0.1, 0.15) is 31.2 Å². The van der Waals surface area contributed by atoms with Crippen LogP contribution < -0.4 is 19.7 Å². The van der Waals surface area contributed by atoms with Crippen molar-refractivity contribution in [2.45, 2.75) is 50.5 Å². The summed E-state index contributed by atoms with van der Waals surface area (Å²) in [5.41, 5.74) is 2.49. The smallest absolute Gasteiger partial charge is 0.163 e. The Balaban J connectivity index is 1.51. The molecule has 0 bridgehead atoms. The summed E-state index contributed by atoms with van der Waals surface area (Å²) in [6, 6.07) is 17.3. The molecular weight excluding hydrogens is 402 g/mol.